The molecule has 5 nitrogen and oxygen atoms in total. The van der Waals surface area contributed by atoms with Crippen LogP contribution in [-0.2, 0) is 0 Å². The van der Waals surface area contributed by atoms with Gasteiger partial charge in [-0.1, -0.05) is 5.16 Å². The molecule has 2 heterocycles. The molecule has 21 heavy (non-hydrogen) atoms. The second-order valence-corrected chi connectivity index (χ2v) is 4.90. The van der Waals surface area contributed by atoms with Crippen molar-refractivity contribution in [3.63, 3.8) is 0 Å². The third-order valence-corrected chi connectivity index (χ3v) is 3.42. The standard InChI is InChI=1S/C14H13F2N3O2/c15-9-4-5-11(16)10(8-9)13-17-12(18-21-13)14(20)19-6-2-1-3-7-19/h4-5,8H,1-3,6-7H2. The summed E-state index contributed by atoms with van der Waals surface area (Å²) in [4.78, 5) is 17.7. The number of carbonyl (C=O) groups excluding carboxylic acids is 1. The molecule has 0 unspecified atom stereocenters. The topological polar surface area (TPSA) is 59.2 Å². The van der Waals surface area contributed by atoms with Gasteiger partial charge in [0.05, 0.1) is 5.56 Å². The zero-order chi connectivity index (χ0) is 14.8. The maximum atomic E-state index is 13.6. The molecule has 1 aromatic carbocycles. The summed E-state index contributed by atoms with van der Waals surface area (Å²) in [6.45, 7) is 1.30. The van der Waals surface area contributed by atoms with E-state index in [1.54, 1.807) is 4.90 Å². The van der Waals surface area contributed by atoms with Gasteiger partial charge in [0.2, 0.25) is 0 Å². The molecule has 1 fully saturated rings. The zero-order valence-corrected chi connectivity index (χ0v) is 11.2. The maximum Gasteiger partial charge on any atom is 0.295 e. The molecule has 0 aliphatic carbocycles. The van der Waals surface area contributed by atoms with Crippen LogP contribution in [-0.4, -0.2) is 34.0 Å². The van der Waals surface area contributed by atoms with Crippen molar-refractivity contribution in [3.8, 4) is 11.5 Å². The Labute approximate surface area is 119 Å². The van der Waals surface area contributed by atoms with Crippen molar-refractivity contribution in [2.24, 2.45) is 0 Å². The fourth-order valence-corrected chi connectivity index (χ4v) is 2.32. The van der Waals surface area contributed by atoms with Crippen molar-refractivity contribution in [2.45, 2.75) is 19.3 Å². The fourth-order valence-electron chi connectivity index (χ4n) is 2.32. The molecule has 0 radical (unpaired) electrons. The monoisotopic (exact) mass is 293 g/mol. The van der Waals surface area contributed by atoms with Crippen LogP contribution in [0.1, 0.15) is 29.9 Å². The SMILES string of the molecule is O=C(c1noc(-c2cc(F)ccc2F)n1)N1CCCCC1. The summed E-state index contributed by atoms with van der Waals surface area (Å²) in [5.74, 6) is -1.98. The van der Waals surface area contributed by atoms with Crippen LogP contribution in [0.2, 0.25) is 0 Å². The van der Waals surface area contributed by atoms with Crippen molar-refractivity contribution in [2.75, 3.05) is 13.1 Å². The summed E-state index contributed by atoms with van der Waals surface area (Å²) in [6.07, 6.45) is 2.97. The molecule has 0 bridgehead atoms. The van der Waals surface area contributed by atoms with E-state index >= 15 is 0 Å². The van der Waals surface area contributed by atoms with Crippen molar-refractivity contribution in [1.29, 1.82) is 0 Å². The van der Waals surface area contributed by atoms with E-state index in [9.17, 15) is 13.6 Å². The quantitative estimate of drug-likeness (QED) is 0.854. The number of halogens is 2. The number of hydrogen-bond donors (Lipinski definition) is 0. The minimum absolute atomic E-state index is 0.129. The summed E-state index contributed by atoms with van der Waals surface area (Å²) < 4.78 is 31.7. The Kier molecular flexibility index (Phi) is 3.64. The first-order valence-electron chi connectivity index (χ1n) is 6.73. The molecule has 1 amide bonds. The van der Waals surface area contributed by atoms with Gasteiger partial charge in [-0.3, -0.25) is 4.79 Å². The number of hydrogen-bond acceptors (Lipinski definition) is 4. The molecule has 3 rings (SSSR count). The molecule has 7 heteroatoms. The first-order chi connectivity index (χ1) is 10.1. The van der Waals surface area contributed by atoms with Crippen LogP contribution in [0, 0.1) is 11.6 Å². The van der Waals surface area contributed by atoms with Crippen LogP contribution < -0.4 is 0 Å². The molecular formula is C14H13F2N3O2. The van der Waals surface area contributed by atoms with Crippen molar-refractivity contribution in [3.05, 3.63) is 35.7 Å². The molecule has 1 saturated heterocycles. The lowest BCUT2D eigenvalue weighted by Crippen LogP contribution is -2.36. The number of carbonyl (C=O) groups is 1. The third-order valence-electron chi connectivity index (χ3n) is 3.42. The Hall–Kier alpha value is -2.31. The lowest BCUT2D eigenvalue weighted by Gasteiger charge is -2.25. The summed E-state index contributed by atoms with van der Waals surface area (Å²) in [6, 6.07) is 2.92. The Morgan fingerprint density at radius 1 is 1.19 bits per heavy atom. The average molecular weight is 293 g/mol. The van der Waals surface area contributed by atoms with Gasteiger partial charge in [0.1, 0.15) is 11.6 Å². The number of benzene rings is 1. The Morgan fingerprint density at radius 2 is 1.95 bits per heavy atom. The van der Waals surface area contributed by atoms with Gasteiger partial charge >= 0.3 is 0 Å². The van der Waals surface area contributed by atoms with Crippen molar-refractivity contribution in [1.82, 2.24) is 15.0 Å². The number of aromatic nitrogens is 2. The molecule has 2 aromatic rings. The molecule has 0 saturated carbocycles. The van der Waals surface area contributed by atoms with Gasteiger partial charge in [-0.2, -0.15) is 4.98 Å². The van der Waals surface area contributed by atoms with Crippen LogP contribution in [0.3, 0.4) is 0 Å². The highest BCUT2D eigenvalue weighted by Crippen LogP contribution is 2.22. The van der Waals surface area contributed by atoms with Gasteiger partial charge in [-0.05, 0) is 37.5 Å². The summed E-state index contributed by atoms with van der Waals surface area (Å²) >= 11 is 0. The van der Waals surface area contributed by atoms with E-state index in [2.05, 4.69) is 10.1 Å². The molecule has 1 aliphatic rings. The molecular weight excluding hydrogens is 280 g/mol. The summed E-state index contributed by atoms with van der Waals surface area (Å²) in [7, 11) is 0. The van der Waals surface area contributed by atoms with Crippen LogP contribution in [0.5, 0.6) is 0 Å². The van der Waals surface area contributed by atoms with Gasteiger partial charge < -0.3 is 9.42 Å². The van der Waals surface area contributed by atoms with E-state index in [1.165, 1.54) is 0 Å². The maximum absolute atomic E-state index is 13.6. The van der Waals surface area contributed by atoms with Crippen LogP contribution >= 0.6 is 0 Å². The molecule has 1 aliphatic heterocycles. The second-order valence-electron chi connectivity index (χ2n) is 4.90. The second kappa shape index (κ2) is 5.59. The largest absolute Gasteiger partial charge is 0.336 e. The van der Waals surface area contributed by atoms with Crippen molar-refractivity contribution < 1.29 is 18.1 Å². The highest BCUT2D eigenvalue weighted by Gasteiger charge is 2.24. The smallest absolute Gasteiger partial charge is 0.295 e. The predicted molar refractivity (Wildman–Crippen MR) is 69.4 cm³/mol. The van der Waals surface area contributed by atoms with E-state index < -0.39 is 11.6 Å². The highest BCUT2D eigenvalue weighted by atomic mass is 19.1. The first kappa shape index (κ1) is 13.7. The van der Waals surface area contributed by atoms with E-state index in [0.29, 0.717) is 13.1 Å². The minimum Gasteiger partial charge on any atom is -0.336 e. The Morgan fingerprint density at radius 3 is 2.71 bits per heavy atom. The van der Waals surface area contributed by atoms with Gasteiger partial charge in [-0.15, -0.1) is 0 Å². The van der Waals surface area contributed by atoms with Gasteiger partial charge in [-0.25, -0.2) is 8.78 Å². The lowest BCUT2D eigenvalue weighted by molar-refractivity contribution is 0.0708. The van der Waals surface area contributed by atoms with E-state index in [0.717, 1.165) is 37.5 Å². The Balaban J connectivity index is 1.85. The summed E-state index contributed by atoms with van der Waals surface area (Å²) in [5, 5.41) is 3.57. The first-order valence-corrected chi connectivity index (χ1v) is 6.73. The third kappa shape index (κ3) is 2.76. The van der Waals surface area contributed by atoms with Gasteiger partial charge in [0, 0.05) is 13.1 Å². The fraction of sp³-hybridized carbons (Fsp3) is 0.357. The highest BCUT2D eigenvalue weighted by molar-refractivity contribution is 5.90. The number of rotatable bonds is 2. The van der Waals surface area contributed by atoms with E-state index in [4.69, 9.17) is 4.52 Å². The number of likely N-dealkylation sites (tertiary alicyclic amines) is 1. The van der Waals surface area contributed by atoms with E-state index in [-0.39, 0.29) is 23.2 Å². The Bertz CT molecular complexity index is 666. The number of amides is 1. The van der Waals surface area contributed by atoms with Gasteiger partial charge in [0.25, 0.3) is 17.6 Å². The van der Waals surface area contributed by atoms with E-state index in [1.807, 2.05) is 0 Å². The number of nitrogens with zero attached hydrogens (tertiary/aromatic N) is 3. The van der Waals surface area contributed by atoms with Crippen LogP contribution in [0.4, 0.5) is 8.78 Å². The molecule has 0 N–H and O–H groups in total. The molecule has 1 aromatic heterocycles. The van der Waals surface area contributed by atoms with Crippen LogP contribution in [0.25, 0.3) is 11.5 Å². The lowest BCUT2D eigenvalue weighted by atomic mass is 10.1. The predicted octanol–water partition coefficient (Wildman–Crippen LogP) is 2.64. The molecule has 110 valence electrons. The minimum atomic E-state index is -0.683. The average Bonchev–Trinajstić information content (AvgIpc) is 2.99. The van der Waals surface area contributed by atoms with Gasteiger partial charge in [0.15, 0.2) is 0 Å². The van der Waals surface area contributed by atoms with Crippen molar-refractivity contribution >= 4 is 5.91 Å². The molecule has 0 atom stereocenters. The zero-order valence-electron chi connectivity index (χ0n) is 11.2. The summed E-state index contributed by atoms with van der Waals surface area (Å²) in [5.41, 5.74) is -0.153. The normalized spacial score (nSPS) is 15.2. The van der Waals surface area contributed by atoms with Crippen LogP contribution in [0.15, 0.2) is 22.7 Å². The molecule has 0 spiro atoms. The number of piperidine rings is 1.